The molecule has 0 saturated carbocycles. The van der Waals surface area contributed by atoms with E-state index in [2.05, 4.69) is 51.9 Å². The normalized spacial score (nSPS) is 11.7. The topological polar surface area (TPSA) is 95.3 Å². The molecule has 0 aliphatic heterocycles. The summed E-state index contributed by atoms with van der Waals surface area (Å²) in [5.74, 6) is 0.662. The van der Waals surface area contributed by atoms with Crippen LogP contribution in [0.5, 0.6) is 0 Å². The molecule has 0 unspecified atom stereocenters. The minimum absolute atomic E-state index is 0.0451. The second-order valence-electron chi connectivity index (χ2n) is 6.32. The van der Waals surface area contributed by atoms with Gasteiger partial charge < -0.3 is 0 Å². The number of nitrogens with zero attached hydrogens (tertiary/aromatic N) is 2. The molecule has 4 aromatic rings. The molecule has 28 heavy (non-hydrogen) atoms. The summed E-state index contributed by atoms with van der Waals surface area (Å²) in [6, 6.07) is 14.6. The molecular formula is C20H18AsN3O3S. The molecule has 2 aromatic heterocycles. The van der Waals surface area contributed by atoms with Gasteiger partial charge in [-0.3, -0.25) is 0 Å². The van der Waals surface area contributed by atoms with Crippen molar-refractivity contribution in [1.82, 2.24) is 9.97 Å². The first-order valence-electron chi connectivity index (χ1n) is 8.70. The summed E-state index contributed by atoms with van der Waals surface area (Å²) in [5.41, 5.74) is 4.14. The quantitative estimate of drug-likeness (QED) is 0.400. The molecule has 0 atom stereocenters. The summed E-state index contributed by atoms with van der Waals surface area (Å²) in [5, 5.41) is 6.26. The number of hydrogen-bond donors (Lipinski definition) is 3. The predicted molar refractivity (Wildman–Crippen MR) is 112 cm³/mol. The standard InChI is InChI=1S/C20H18AsN3O3S/c1-2-13-3-5-14(6-4-13)17-11-28-20-18(17)19(22-12-23-20)24-16-9-7-15(8-10-16)21(25,26)27/h3-12H,2H2,1H3,(H,22,23,24)(H2,25,26,27). The van der Waals surface area contributed by atoms with E-state index < -0.39 is 14.2 Å². The van der Waals surface area contributed by atoms with Crippen LogP contribution in [0.25, 0.3) is 21.3 Å². The van der Waals surface area contributed by atoms with Crippen molar-refractivity contribution in [2.45, 2.75) is 13.3 Å². The number of fused-ring (bicyclic) bond motifs is 1. The Morgan fingerprint density at radius 1 is 1.04 bits per heavy atom. The van der Waals surface area contributed by atoms with Gasteiger partial charge in [-0.25, -0.2) is 0 Å². The summed E-state index contributed by atoms with van der Waals surface area (Å²) < 4.78 is 30.1. The molecule has 0 fully saturated rings. The summed E-state index contributed by atoms with van der Waals surface area (Å²) in [6.45, 7) is 2.13. The van der Waals surface area contributed by atoms with Crippen LogP contribution in [0, 0.1) is 0 Å². The first-order chi connectivity index (χ1) is 13.5. The van der Waals surface area contributed by atoms with Crippen LogP contribution in [0.4, 0.5) is 11.5 Å². The maximum absolute atomic E-state index is 11.4. The van der Waals surface area contributed by atoms with E-state index in [0.29, 0.717) is 11.5 Å². The van der Waals surface area contributed by atoms with Crippen molar-refractivity contribution < 1.29 is 11.9 Å². The average molecular weight is 455 g/mol. The molecule has 0 radical (unpaired) electrons. The van der Waals surface area contributed by atoms with E-state index in [-0.39, 0.29) is 4.35 Å². The number of nitrogens with one attached hydrogen (secondary N) is 1. The second-order valence-corrected chi connectivity index (χ2v) is 10.5. The van der Waals surface area contributed by atoms with Crippen molar-refractivity contribution in [1.29, 1.82) is 0 Å². The molecule has 0 aliphatic rings. The van der Waals surface area contributed by atoms with Gasteiger partial charge in [0.2, 0.25) is 0 Å². The summed E-state index contributed by atoms with van der Waals surface area (Å²) in [6.07, 6.45) is 2.50. The Labute approximate surface area is 168 Å². The Hall–Kier alpha value is -2.44. The zero-order valence-corrected chi connectivity index (χ0v) is 17.7. The molecule has 0 amide bonds. The van der Waals surface area contributed by atoms with Crippen molar-refractivity contribution >= 4 is 51.6 Å². The first kappa shape index (κ1) is 18.9. The molecule has 142 valence electrons. The fourth-order valence-corrected chi connectivity index (χ4v) is 5.02. The molecule has 2 aromatic carbocycles. The Kier molecular flexibility index (Phi) is 5.08. The van der Waals surface area contributed by atoms with Crippen LogP contribution in [0.15, 0.2) is 60.2 Å². The van der Waals surface area contributed by atoms with Gasteiger partial charge in [-0.05, 0) is 6.42 Å². The van der Waals surface area contributed by atoms with Crippen LogP contribution in [0.3, 0.4) is 0 Å². The zero-order chi connectivity index (χ0) is 19.7. The summed E-state index contributed by atoms with van der Waals surface area (Å²) >= 11 is -3.33. The van der Waals surface area contributed by atoms with Gasteiger partial charge in [0.25, 0.3) is 0 Å². The zero-order valence-electron chi connectivity index (χ0n) is 15.0. The fourth-order valence-electron chi connectivity index (χ4n) is 2.98. The van der Waals surface area contributed by atoms with E-state index in [4.69, 9.17) is 0 Å². The molecule has 6 nitrogen and oxygen atoms in total. The SMILES string of the molecule is CCc1ccc(-c2csc3ncnc(Nc4ccc([As](=O)(O)O)cc4)c23)cc1. The fraction of sp³-hybridized carbons (Fsp3) is 0.100. The third-order valence-electron chi connectivity index (χ3n) is 4.51. The van der Waals surface area contributed by atoms with E-state index in [9.17, 15) is 11.9 Å². The van der Waals surface area contributed by atoms with Gasteiger partial charge in [-0.2, -0.15) is 0 Å². The molecular weight excluding hydrogens is 437 g/mol. The van der Waals surface area contributed by atoms with Gasteiger partial charge in [0, 0.05) is 0 Å². The van der Waals surface area contributed by atoms with Crippen LogP contribution < -0.4 is 9.67 Å². The minimum atomic E-state index is -4.89. The third-order valence-corrected chi connectivity index (χ3v) is 7.43. The summed E-state index contributed by atoms with van der Waals surface area (Å²) in [7, 11) is 0. The number of aryl methyl sites for hydroxylation is 1. The molecule has 4 rings (SSSR count). The number of rotatable bonds is 5. The van der Waals surface area contributed by atoms with Crippen LogP contribution in [0.1, 0.15) is 12.5 Å². The maximum atomic E-state index is 11.4. The van der Waals surface area contributed by atoms with Crippen molar-refractivity contribution in [3.05, 3.63) is 65.8 Å². The van der Waals surface area contributed by atoms with E-state index in [1.54, 1.807) is 23.5 Å². The number of hydrogen-bond acceptors (Lipinski definition) is 5. The van der Waals surface area contributed by atoms with Crippen LogP contribution in [-0.2, 0) is 10.2 Å². The van der Waals surface area contributed by atoms with Crippen LogP contribution >= 0.6 is 11.3 Å². The summed E-state index contributed by atoms with van der Waals surface area (Å²) in [4.78, 5) is 9.65. The number of anilines is 2. The molecule has 3 N–H and O–H groups in total. The van der Waals surface area contributed by atoms with Gasteiger partial charge in [0.15, 0.2) is 0 Å². The average Bonchev–Trinajstić information content (AvgIpc) is 3.13. The van der Waals surface area contributed by atoms with Gasteiger partial charge >= 0.3 is 156 Å². The van der Waals surface area contributed by atoms with Crippen molar-refractivity contribution in [3.63, 3.8) is 0 Å². The predicted octanol–water partition coefficient (Wildman–Crippen LogP) is 3.23. The first-order valence-corrected chi connectivity index (χ1v) is 13.0. The number of benzene rings is 2. The van der Waals surface area contributed by atoms with E-state index >= 15 is 0 Å². The van der Waals surface area contributed by atoms with Crippen molar-refractivity contribution in [2.24, 2.45) is 0 Å². The van der Waals surface area contributed by atoms with Gasteiger partial charge in [0.1, 0.15) is 0 Å². The van der Waals surface area contributed by atoms with Crippen LogP contribution in [-0.4, -0.2) is 32.3 Å². The van der Waals surface area contributed by atoms with E-state index in [1.165, 1.54) is 24.0 Å². The van der Waals surface area contributed by atoms with Gasteiger partial charge in [-0.15, -0.1) is 0 Å². The monoisotopic (exact) mass is 455 g/mol. The molecule has 2 heterocycles. The molecule has 0 spiro atoms. The van der Waals surface area contributed by atoms with E-state index in [0.717, 1.165) is 27.8 Å². The Morgan fingerprint density at radius 2 is 1.75 bits per heavy atom. The molecule has 0 saturated heterocycles. The van der Waals surface area contributed by atoms with Gasteiger partial charge in [0.05, 0.1) is 0 Å². The Bertz CT molecular complexity index is 1170. The van der Waals surface area contributed by atoms with Crippen molar-refractivity contribution in [3.8, 4) is 11.1 Å². The number of thiophene rings is 1. The van der Waals surface area contributed by atoms with E-state index in [1.807, 2.05) is 0 Å². The molecule has 8 heteroatoms. The third kappa shape index (κ3) is 3.75. The van der Waals surface area contributed by atoms with Gasteiger partial charge in [-0.1, -0.05) is 6.92 Å². The Balaban J connectivity index is 1.73. The molecule has 0 aliphatic carbocycles. The second kappa shape index (κ2) is 7.53. The number of aromatic nitrogens is 2. The molecule has 0 bridgehead atoms. The van der Waals surface area contributed by atoms with Crippen molar-refractivity contribution in [2.75, 3.05) is 5.32 Å². The Morgan fingerprint density at radius 3 is 2.39 bits per heavy atom. The van der Waals surface area contributed by atoms with Crippen LogP contribution in [0.2, 0.25) is 0 Å².